The first-order chi connectivity index (χ1) is 8.76. The lowest BCUT2D eigenvalue weighted by molar-refractivity contribution is 0.413. The molecule has 1 heterocycles. The van der Waals surface area contributed by atoms with Crippen LogP contribution >= 0.6 is 0 Å². The molecule has 96 valence electrons. The third-order valence-corrected chi connectivity index (χ3v) is 2.65. The number of ether oxygens (including phenoxy) is 1. The van der Waals surface area contributed by atoms with Crippen molar-refractivity contribution in [1.82, 2.24) is 15.5 Å². The first kappa shape index (κ1) is 12.6. The number of aromatic amines is 1. The minimum Gasteiger partial charge on any atom is -0.496 e. The van der Waals surface area contributed by atoms with E-state index in [0.717, 1.165) is 12.2 Å². The quantitative estimate of drug-likeness (QED) is 0.855. The molecule has 2 rings (SSSR count). The molecule has 0 aliphatic rings. The van der Waals surface area contributed by atoms with Crippen LogP contribution < -0.4 is 10.1 Å². The van der Waals surface area contributed by atoms with Gasteiger partial charge >= 0.3 is 0 Å². The van der Waals surface area contributed by atoms with Crippen LogP contribution in [0.5, 0.6) is 5.75 Å². The summed E-state index contributed by atoms with van der Waals surface area (Å²) in [5, 5.41) is 10.2. The topological polar surface area (TPSA) is 49.9 Å². The number of nitrogens with one attached hydrogen (secondary N) is 2. The van der Waals surface area contributed by atoms with Crippen molar-refractivity contribution in [2.75, 3.05) is 13.7 Å². The normalized spacial score (nSPS) is 10.6. The molecule has 2 N–H and O–H groups in total. The van der Waals surface area contributed by atoms with Gasteiger partial charge in [0.15, 0.2) is 0 Å². The lowest BCUT2D eigenvalue weighted by atomic mass is 10.1. The van der Waals surface area contributed by atoms with Gasteiger partial charge < -0.3 is 10.1 Å². The zero-order valence-corrected chi connectivity index (χ0v) is 10.5. The maximum absolute atomic E-state index is 13.8. The number of H-pyrrole nitrogens is 1. The highest BCUT2D eigenvalue weighted by molar-refractivity contribution is 5.68. The Hall–Kier alpha value is -1.88. The van der Waals surface area contributed by atoms with E-state index in [2.05, 4.69) is 15.5 Å². The molecule has 0 saturated carbocycles. The molecule has 0 amide bonds. The summed E-state index contributed by atoms with van der Waals surface area (Å²) in [7, 11) is 1.52. The lowest BCUT2D eigenvalue weighted by Crippen LogP contribution is -2.11. The molecule has 1 aromatic heterocycles. The molecule has 1 aromatic carbocycles. The number of aromatic nitrogens is 2. The fraction of sp³-hybridized carbons (Fsp3) is 0.308. The Morgan fingerprint density at radius 3 is 3.00 bits per heavy atom. The highest BCUT2D eigenvalue weighted by Crippen LogP contribution is 2.31. The number of nitrogens with zero attached hydrogens (tertiary/aromatic N) is 1. The fourth-order valence-corrected chi connectivity index (χ4v) is 1.76. The molecule has 0 fully saturated rings. The molecule has 0 atom stereocenters. The third kappa shape index (κ3) is 2.51. The molecular formula is C13H16FN3O. The van der Waals surface area contributed by atoms with Crippen molar-refractivity contribution in [2.45, 2.75) is 13.5 Å². The number of halogens is 1. The van der Waals surface area contributed by atoms with Crippen molar-refractivity contribution < 1.29 is 9.13 Å². The van der Waals surface area contributed by atoms with E-state index < -0.39 is 0 Å². The van der Waals surface area contributed by atoms with Gasteiger partial charge in [0.2, 0.25) is 0 Å². The summed E-state index contributed by atoms with van der Waals surface area (Å²) in [5.41, 5.74) is 1.86. The molecule has 0 bridgehead atoms. The molecule has 0 saturated heterocycles. The van der Waals surface area contributed by atoms with Gasteiger partial charge in [-0.15, -0.1) is 0 Å². The Morgan fingerprint density at radius 1 is 1.44 bits per heavy atom. The van der Waals surface area contributed by atoms with Crippen LogP contribution in [-0.2, 0) is 6.54 Å². The molecule has 0 radical (unpaired) electrons. The zero-order chi connectivity index (χ0) is 13.0. The first-order valence-electron chi connectivity index (χ1n) is 5.84. The summed E-state index contributed by atoms with van der Waals surface area (Å²) in [6.45, 7) is 3.58. The van der Waals surface area contributed by atoms with E-state index >= 15 is 0 Å². The van der Waals surface area contributed by atoms with Gasteiger partial charge in [-0.25, -0.2) is 4.39 Å². The van der Waals surface area contributed by atoms with Crippen LogP contribution in [0.25, 0.3) is 11.3 Å². The monoisotopic (exact) mass is 249 g/mol. The van der Waals surface area contributed by atoms with Gasteiger partial charge in [0.05, 0.1) is 18.4 Å². The fourth-order valence-electron chi connectivity index (χ4n) is 1.76. The Labute approximate surface area is 105 Å². The summed E-state index contributed by atoms with van der Waals surface area (Å²) in [4.78, 5) is 0. The van der Waals surface area contributed by atoms with Gasteiger partial charge in [-0.1, -0.05) is 13.0 Å². The van der Waals surface area contributed by atoms with E-state index in [1.165, 1.54) is 13.2 Å². The molecule has 2 aromatic rings. The summed E-state index contributed by atoms with van der Waals surface area (Å²) >= 11 is 0. The van der Waals surface area contributed by atoms with Gasteiger partial charge in [0.25, 0.3) is 0 Å². The SMILES string of the molecule is CCNCc1cc(-c2c(F)cccc2OC)n[nH]1. The third-order valence-electron chi connectivity index (χ3n) is 2.65. The average Bonchev–Trinajstić information content (AvgIpc) is 2.84. The van der Waals surface area contributed by atoms with E-state index in [1.807, 2.05) is 13.0 Å². The van der Waals surface area contributed by atoms with Crippen molar-refractivity contribution in [3.8, 4) is 17.0 Å². The van der Waals surface area contributed by atoms with E-state index in [-0.39, 0.29) is 5.82 Å². The summed E-state index contributed by atoms with van der Waals surface area (Å²) in [5.74, 6) is 0.146. The second-order valence-electron chi connectivity index (χ2n) is 3.88. The van der Waals surface area contributed by atoms with Crippen LogP contribution in [0.4, 0.5) is 4.39 Å². The molecule has 0 unspecified atom stereocenters. The average molecular weight is 249 g/mol. The van der Waals surface area contributed by atoms with E-state index in [9.17, 15) is 4.39 Å². The molecule has 4 nitrogen and oxygen atoms in total. The summed E-state index contributed by atoms with van der Waals surface area (Å²) < 4.78 is 19.0. The Balaban J connectivity index is 2.33. The molecular weight excluding hydrogens is 233 g/mol. The molecule has 5 heteroatoms. The van der Waals surface area contributed by atoms with Gasteiger partial charge in [0, 0.05) is 12.2 Å². The Morgan fingerprint density at radius 2 is 2.28 bits per heavy atom. The van der Waals surface area contributed by atoms with Gasteiger partial charge in [0.1, 0.15) is 11.6 Å². The van der Waals surface area contributed by atoms with Crippen molar-refractivity contribution in [2.24, 2.45) is 0 Å². The number of hydrogen-bond donors (Lipinski definition) is 2. The van der Waals surface area contributed by atoms with E-state index in [0.29, 0.717) is 23.6 Å². The van der Waals surface area contributed by atoms with Crippen molar-refractivity contribution in [3.63, 3.8) is 0 Å². The molecule has 18 heavy (non-hydrogen) atoms. The second-order valence-corrected chi connectivity index (χ2v) is 3.88. The van der Waals surface area contributed by atoms with Crippen LogP contribution in [0.1, 0.15) is 12.6 Å². The Kier molecular flexibility index (Phi) is 3.94. The number of methoxy groups -OCH3 is 1. The van der Waals surface area contributed by atoms with Crippen LogP contribution in [0.2, 0.25) is 0 Å². The predicted molar refractivity (Wildman–Crippen MR) is 67.9 cm³/mol. The van der Waals surface area contributed by atoms with Gasteiger partial charge in [-0.2, -0.15) is 5.10 Å². The zero-order valence-electron chi connectivity index (χ0n) is 10.5. The smallest absolute Gasteiger partial charge is 0.136 e. The van der Waals surface area contributed by atoms with Crippen LogP contribution in [0.15, 0.2) is 24.3 Å². The van der Waals surface area contributed by atoms with Crippen molar-refractivity contribution in [3.05, 3.63) is 35.8 Å². The van der Waals surface area contributed by atoms with Gasteiger partial charge in [-0.05, 0) is 24.7 Å². The van der Waals surface area contributed by atoms with Crippen molar-refractivity contribution in [1.29, 1.82) is 0 Å². The second kappa shape index (κ2) is 5.64. The standard InChI is InChI=1S/C13H16FN3O/c1-3-15-8-9-7-11(17-16-9)13-10(14)5-4-6-12(13)18-2/h4-7,15H,3,8H2,1-2H3,(H,16,17). The lowest BCUT2D eigenvalue weighted by Gasteiger charge is -2.06. The largest absolute Gasteiger partial charge is 0.496 e. The van der Waals surface area contributed by atoms with Crippen molar-refractivity contribution >= 4 is 0 Å². The van der Waals surface area contributed by atoms with Crippen LogP contribution in [-0.4, -0.2) is 23.9 Å². The highest BCUT2D eigenvalue weighted by Gasteiger charge is 2.14. The molecule has 0 aliphatic carbocycles. The van der Waals surface area contributed by atoms with Gasteiger partial charge in [-0.3, -0.25) is 5.10 Å². The van der Waals surface area contributed by atoms with E-state index in [1.54, 1.807) is 12.1 Å². The number of benzene rings is 1. The van der Waals surface area contributed by atoms with E-state index in [4.69, 9.17) is 4.74 Å². The minimum atomic E-state index is -0.337. The predicted octanol–water partition coefficient (Wildman–Crippen LogP) is 2.33. The molecule has 0 spiro atoms. The maximum atomic E-state index is 13.8. The highest BCUT2D eigenvalue weighted by atomic mass is 19.1. The van der Waals surface area contributed by atoms with Crippen LogP contribution in [0.3, 0.4) is 0 Å². The summed E-state index contributed by atoms with van der Waals surface area (Å²) in [6.07, 6.45) is 0. The summed E-state index contributed by atoms with van der Waals surface area (Å²) in [6, 6.07) is 6.56. The minimum absolute atomic E-state index is 0.337. The number of rotatable bonds is 5. The maximum Gasteiger partial charge on any atom is 0.136 e. The number of hydrogen-bond acceptors (Lipinski definition) is 3. The first-order valence-corrected chi connectivity index (χ1v) is 5.84. The molecule has 0 aliphatic heterocycles. The Bertz CT molecular complexity index is 525. The van der Waals surface area contributed by atoms with Crippen LogP contribution in [0, 0.1) is 5.82 Å².